The first-order valence-corrected chi connectivity index (χ1v) is 12.6. The Morgan fingerprint density at radius 3 is 2.34 bits per heavy atom. The van der Waals surface area contributed by atoms with Gasteiger partial charge in [-0.2, -0.15) is 28.1 Å². The van der Waals surface area contributed by atoms with Crippen molar-refractivity contribution in [2.24, 2.45) is 0 Å². The fourth-order valence-corrected chi connectivity index (χ4v) is 5.73. The number of hydrogen-bond acceptors (Lipinski definition) is 13. The van der Waals surface area contributed by atoms with E-state index in [2.05, 4.69) is 33.3 Å². The molecule has 0 bridgehead atoms. The molecule has 3 rings (SSSR count). The minimum atomic E-state index is -5.74. The first-order chi connectivity index (χ1) is 14.6. The van der Waals surface area contributed by atoms with E-state index in [1.807, 2.05) is 0 Å². The smallest absolute Gasteiger partial charge is 0.387 e. The third kappa shape index (κ3) is 5.73. The Hall–Kier alpha value is -1.43. The summed E-state index contributed by atoms with van der Waals surface area (Å²) < 4.78 is 64.0. The van der Waals surface area contributed by atoms with Gasteiger partial charge in [0, 0.05) is 0 Å². The molecule has 9 N–H and O–H groups in total. The Bertz CT molecular complexity index is 1160. The van der Waals surface area contributed by atoms with Gasteiger partial charge >= 0.3 is 29.5 Å². The van der Waals surface area contributed by atoms with Crippen LogP contribution < -0.4 is 5.73 Å². The molecule has 2 aromatic heterocycles. The minimum absolute atomic E-state index is 0.00315. The molecule has 1 saturated heterocycles. The van der Waals surface area contributed by atoms with E-state index in [4.69, 9.17) is 25.2 Å². The van der Waals surface area contributed by atoms with Crippen LogP contribution in [0.4, 0.5) is 10.2 Å². The molecular formula is C10H15FN5O13P3. The van der Waals surface area contributed by atoms with Crippen LogP contribution in [-0.4, -0.2) is 74.9 Å². The third-order valence-corrected chi connectivity index (χ3v) is 7.69. The highest BCUT2D eigenvalue weighted by Gasteiger charge is 2.47. The van der Waals surface area contributed by atoms with E-state index in [0.29, 0.717) is 0 Å². The highest BCUT2D eigenvalue weighted by molar-refractivity contribution is 7.66. The average Bonchev–Trinajstić information content (AvgIpc) is 3.12. The molecule has 0 aromatic carbocycles. The summed E-state index contributed by atoms with van der Waals surface area (Å²) >= 11 is 0. The number of phosphoric ester groups is 1. The molecule has 0 spiro atoms. The highest BCUT2D eigenvalue weighted by atomic mass is 31.3. The lowest BCUT2D eigenvalue weighted by atomic mass is 10.1. The van der Waals surface area contributed by atoms with E-state index in [1.54, 1.807) is 0 Å². The minimum Gasteiger partial charge on any atom is -0.387 e. The van der Waals surface area contributed by atoms with Gasteiger partial charge in [-0.25, -0.2) is 13.7 Å². The quantitative estimate of drug-likeness (QED) is 0.145. The number of nitrogen functional groups attached to an aromatic ring is 1. The summed E-state index contributed by atoms with van der Waals surface area (Å²) in [5.41, 5.74) is 5.16. The van der Waals surface area contributed by atoms with E-state index in [-0.39, 0.29) is 22.5 Å². The number of nitrogens with zero attached hydrogens (tertiary/aromatic N) is 3. The van der Waals surface area contributed by atoms with E-state index in [1.165, 1.54) is 0 Å². The van der Waals surface area contributed by atoms with E-state index >= 15 is 0 Å². The standard InChI is InChI=1S/C10H15FN5O13P3/c11-10-13-3-4(15-16-5(3)9(12)14-10)8-7(18)6(17)2(27-8)1-26-31(22,23)29-32(24,25)28-30(19,20)21/h2,6-8,17-18H,1H2,(H,15,16)(H,22,23)(H,24,25)(H2,12,13,14)(H2,19,20,21)/t2-,6-,7-,8+/m1/s1. The normalized spacial score (nSPS) is 28.0. The van der Waals surface area contributed by atoms with Crippen LogP contribution in [0.2, 0.25) is 0 Å². The van der Waals surface area contributed by atoms with Gasteiger partial charge < -0.3 is 40.3 Å². The Labute approximate surface area is 175 Å². The fourth-order valence-electron chi connectivity index (χ4n) is 2.70. The number of nitrogens with one attached hydrogen (secondary N) is 1. The number of aromatic nitrogens is 4. The van der Waals surface area contributed by atoms with Crippen LogP contribution in [-0.2, 0) is 31.6 Å². The monoisotopic (exact) mass is 525 g/mol. The van der Waals surface area contributed by atoms with Crippen LogP contribution in [0, 0.1) is 6.08 Å². The van der Waals surface area contributed by atoms with Crippen LogP contribution in [0.3, 0.4) is 0 Å². The molecule has 0 aliphatic carbocycles. The number of halogens is 1. The first-order valence-electron chi connectivity index (χ1n) is 8.05. The number of ether oxygens (including phenoxy) is 1. The molecule has 22 heteroatoms. The lowest BCUT2D eigenvalue weighted by molar-refractivity contribution is -0.0231. The largest absolute Gasteiger partial charge is 0.490 e. The molecule has 2 unspecified atom stereocenters. The van der Waals surface area contributed by atoms with Gasteiger partial charge in [0.1, 0.15) is 41.1 Å². The maximum absolute atomic E-state index is 13.5. The zero-order valence-electron chi connectivity index (χ0n) is 15.2. The number of anilines is 1. The number of H-pyrrole nitrogens is 1. The number of nitrogens with two attached hydrogens (primary N) is 1. The van der Waals surface area contributed by atoms with Crippen molar-refractivity contribution in [3.63, 3.8) is 0 Å². The number of fused-ring (bicyclic) bond motifs is 1. The van der Waals surface area contributed by atoms with E-state index in [0.717, 1.165) is 0 Å². The van der Waals surface area contributed by atoms with E-state index < -0.39 is 60.6 Å². The Kier molecular flexibility index (Phi) is 6.88. The molecule has 180 valence electrons. The summed E-state index contributed by atoms with van der Waals surface area (Å²) in [5, 5.41) is 26.5. The molecule has 1 fully saturated rings. The van der Waals surface area contributed by atoms with Gasteiger partial charge in [-0.3, -0.25) is 9.62 Å². The fraction of sp³-hybridized carbons (Fsp3) is 0.500. The maximum atomic E-state index is 13.5. The van der Waals surface area contributed by atoms with Crippen molar-refractivity contribution in [2.45, 2.75) is 24.4 Å². The van der Waals surface area contributed by atoms with Crippen LogP contribution in [0.1, 0.15) is 11.8 Å². The number of aromatic amines is 1. The molecule has 32 heavy (non-hydrogen) atoms. The number of hydrogen-bond donors (Lipinski definition) is 8. The van der Waals surface area contributed by atoms with Crippen LogP contribution in [0.5, 0.6) is 0 Å². The number of aliphatic hydroxyl groups excluding tert-OH is 2. The zero-order chi connectivity index (χ0) is 24.1. The Morgan fingerprint density at radius 2 is 1.72 bits per heavy atom. The van der Waals surface area contributed by atoms with Crippen molar-refractivity contribution in [3.05, 3.63) is 11.8 Å². The molecule has 1 aliphatic rings. The van der Waals surface area contributed by atoms with Gasteiger partial charge in [-0.05, 0) is 0 Å². The average molecular weight is 525 g/mol. The molecule has 1 aliphatic heterocycles. The molecule has 0 saturated carbocycles. The highest BCUT2D eigenvalue weighted by Crippen LogP contribution is 2.66. The lowest BCUT2D eigenvalue weighted by Gasteiger charge is -2.19. The molecule has 0 radical (unpaired) electrons. The van der Waals surface area contributed by atoms with Crippen LogP contribution >= 0.6 is 23.5 Å². The van der Waals surface area contributed by atoms with Crippen molar-refractivity contribution < 1.29 is 65.8 Å². The summed E-state index contributed by atoms with van der Waals surface area (Å²) in [6.07, 6.45) is -7.73. The summed E-state index contributed by atoms with van der Waals surface area (Å²) in [6.45, 7) is -1.04. The summed E-state index contributed by atoms with van der Waals surface area (Å²) in [7, 11) is -16.8. The SMILES string of the molecule is Nc1nc(F)nc2c([C@@H]3O[C@H](COP(=O)(O)OP(=O)(O)OP(=O)(O)O)[C@@H](O)[C@H]3O)n[nH]c12. The Balaban J connectivity index is 1.72. The van der Waals surface area contributed by atoms with Crippen molar-refractivity contribution in [2.75, 3.05) is 12.3 Å². The lowest BCUT2D eigenvalue weighted by Crippen LogP contribution is -2.33. The summed E-state index contributed by atoms with van der Waals surface area (Å²) in [4.78, 5) is 42.3. The molecule has 6 atom stereocenters. The second-order valence-corrected chi connectivity index (χ2v) is 10.6. The predicted molar refractivity (Wildman–Crippen MR) is 95.5 cm³/mol. The van der Waals surface area contributed by atoms with Crippen molar-refractivity contribution in [1.29, 1.82) is 0 Å². The van der Waals surface area contributed by atoms with Gasteiger partial charge in [0.05, 0.1) is 6.61 Å². The molecule has 0 amide bonds. The zero-order valence-corrected chi connectivity index (χ0v) is 17.9. The molecule has 3 heterocycles. The van der Waals surface area contributed by atoms with Crippen molar-refractivity contribution in [1.82, 2.24) is 20.2 Å². The molecule has 2 aromatic rings. The molecule has 18 nitrogen and oxygen atoms in total. The van der Waals surface area contributed by atoms with E-state index in [9.17, 15) is 33.2 Å². The first kappa shape index (κ1) is 25.2. The van der Waals surface area contributed by atoms with Crippen LogP contribution in [0.15, 0.2) is 0 Å². The van der Waals surface area contributed by atoms with Crippen LogP contribution in [0.25, 0.3) is 11.0 Å². The van der Waals surface area contributed by atoms with Gasteiger partial charge in [-0.15, -0.1) is 0 Å². The van der Waals surface area contributed by atoms with Gasteiger partial charge in [0.2, 0.25) is 0 Å². The second kappa shape index (κ2) is 8.73. The topological polar surface area (TPSA) is 290 Å². The van der Waals surface area contributed by atoms with Gasteiger partial charge in [-0.1, -0.05) is 0 Å². The number of aliphatic hydroxyl groups is 2. The third-order valence-electron chi connectivity index (χ3n) is 3.89. The van der Waals surface area contributed by atoms with Crippen molar-refractivity contribution >= 4 is 40.3 Å². The molecular weight excluding hydrogens is 510 g/mol. The second-order valence-electron chi connectivity index (χ2n) is 6.17. The van der Waals surface area contributed by atoms with Gasteiger partial charge in [0.15, 0.2) is 5.82 Å². The maximum Gasteiger partial charge on any atom is 0.490 e. The van der Waals surface area contributed by atoms with Gasteiger partial charge in [0.25, 0.3) is 0 Å². The number of phosphoric acid groups is 3. The summed E-state index contributed by atoms with van der Waals surface area (Å²) in [5.74, 6) is -0.302. The number of rotatable bonds is 8. The van der Waals surface area contributed by atoms with Crippen molar-refractivity contribution in [3.8, 4) is 0 Å². The predicted octanol–water partition coefficient (Wildman–Crippen LogP) is -1.42. The summed E-state index contributed by atoms with van der Waals surface area (Å²) in [6, 6.07) is 0. The Morgan fingerprint density at radius 1 is 1.06 bits per heavy atom.